The Hall–Kier alpha value is -1.95. The molecule has 0 fully saturated rings. The second kappa shape index (κ2) is 6.22. The van der Waals surface area contributed by atoms with E-state index >= 15 is 0 Å². The van der Waals surface area contributed by atoms with Crippen molar-refractivity contribution in [2.24, 2.45) is 0 Å². The van der Waals surface area contributed by atoms with Crippen LogP contribution in [0.2, 0.25) is 0 Å². The van der Waals surface area contributed by atoms with Crippen LogP contribution in [-0.4, -0.2) is 29.2 Å². The molecule has 2 rings (SSSR count). The van der Waals surface area contributed by atoms with Gasteiger partial charge in [0.1, 0.15) is 6.54 Å². The van der Waals surface area contributed by atoms with Crippen molar-refractivity contribution in [3.8, 4) is 0 Å². The van der Waals surface area contributed by atoms with Crippen LogP contribution in [0.1, 0.15) is 27.0 Å². The van der Waals surface area contributed by atoms with E-state index < -0.39 is 0 Å². The van der Waals surface area contributed by atoms with Crippen molar-refractivity contribution < 1.29 is 4.79 Å². The van der Waals surface area contributed by atoms with Crippen LogP contribution < -0.4 is 10.5 Å². The van der Waals surface area contributed by atoms with Crippen molar-refractivity contribution in [1.82, 2.24) is 9.78 Å². The van der Waals surface area contributed by atoms with Gasteiger partial charge in [-0.3, -0.25) is 9.59 Å². The second-order valence-corrected chi connectivity index (χ2v) is 6.43. The number of hydrogen-bond acceptors (Lipinski definition) is 5. The first-order valence-electron chi connectivity index (χ1n) is 6.81. The third kappa shape index (κ3) is 3.39. The predicted molar refractivity (Wildman–Crippen MR) is 85.6 cm³/mol. The molecule has 21 heavy (non-hydrogen) atoms. The summed E-state index contributed by atoms with van der Waals surface area (Å²) in [5.74, 6) is -0.0805. The first-order valence-corrected chi connectivity index (χ1v) is 7.62. The Kier molecular flexibility index (Phi) is 4.57. The topological polar surface area (TPSA) is 55.2 Å². The Morgan fingerprint density at radius 2 is 2.10 bits per heavy atom. The fraction of sp³-hybridized carbons (Fsp3) is 0.400. The maximum atomic E-state index is 12.3. The Labute approximate surface area is 127 Å². The molecule has 0 aliphatic rings. The molecule has 0 bridgehead atoms. The van der Waals surface area contributed by atoms with E-state index in [1.165, 1.54) is 10.7 Å². The number of thiophene rings is 1. The summed E-state index contributed by atoms with van der Waals surface area (Å²) in [7, 11) is 1.89. The van der Waals surface area contributed by atoms with Crippen LogP contribution in [0, 0.1) is 13.8 Å². The molecule has 0 saturated heterocycles. The van der Waals surface area contributed by atoms with Gasteiger partial charge in [0, 0.05) is 35.0 Å². The first-order chi connectivity index (χ1) is 9.92. The van der Waals surface area contributed by atoms with E-state index in [9.17, 15) is 9.59 Å². The van der Waals surface area contributed by atoms with Crippen LogP contribution in [0.15, 0.2) is 23.1 Å². The molecule has 6 heteroatoms. The van der Waals surface area contributed by atoms with E-state index in [-0.39, 0.29) is 17.9 Å². The summed E-state index contributed by atoms with van der Waals surface area (Å²) in [5, 5.41) is 4.09. The lowest BCUT2D eigenvalue weighted by molar-refractivity contribution is 0.0965. The number of aromatic nitrogens is 2. The van der Waals surface area contributed by atoms with Crippen LogP contribution in [0.3, 0.4) is 0 Å². The Balaban J connectivity index is 2.22. The molecular formula is C15H19N3O2S. The fourth-order valence-electron chi connectivity index (χ4n) is 2.06. The summed E-state index contributed by atoms with van der Waals surface area (Å²) in [5.41, 5.74) is 1.18. The average Bonchev–Trinajstić information content (AvgIpc) is 2.79. The molecule has 0 aliphatic carbocycles. The Bertz CT molecular complexity index is 718. The zero-order valence-electron chi connectivity index (χ0n) is 12.7. The number of anilines is 1. The SMILES string of the molecule is CCN(C)c1cnn(CC(=O)c2cc(C)sc2C)c(=O)c1. The van der Waals surface area contributed by atoms with Crippen molar-refractivity contribution in [3.63, 3.8) is 0 Å². The average molecular weight is 305 g/mol. The van der Waals surface area contributed by atoms with Gasteiger partial charge in [-0.05, 0) is 26.8 Å². The predicted octanol–water partition coefficient (Wildman–Crippen LogP) is 2.26. The molecule has 0 aromatic carbocycles. The van der Waals surface area contributed by atoms with Crippen LogP contribution in [0.25, 0.3) is 0 Å². The van der Waals surface area contributed by atoms with Gasteiger partial charge in [-0.2, -0.15) is 5.10 Å². The third-order valence-electron chi connectivity index (χ3n) is 3.41. The molecule has 0 radical (unpaired) electrons. The number of aryl methyl sites for hydroxylation is 2. The molecule has 112 valence electrons. The van der Waals surface area contributed by atoms with Gasteiger partial charge in [0.15, 0.2) is 5.78 Å². The molecule has 0 unspecified atom stereocenters. The highest BCUT2D eigenvalue weighted by Gasteiger charge is 2.14. The summed E-state index contributed by atoms with van der Waals surface area (Å²) in [6.45, 7) is 6.65. The summed E-state index contributed by atoms with van der Waals surface area (Å²) in [4.78, 5) is 28.3. The number of Topliss-reactive ketones (excluding diaryl/α,β-unsaturated/α-hetero) is 1. The monoisotopic (exact) mass is 305 g/mol. The van der Waals surface area contributed by atoms with E-state index in [1.54, 1.807) is 17.5 Å². The van der Waals surface area contributed by atoms with Gasteiger partial charge in [-0.1, -0.05) is 0 Å². The number of carbonyl (C=O) groups is 1. The summed E-state index contributed by atoms with van der Waals surface area (Å²) < 4.78 is 1.21. The highest BCUT2D eigenvalue weighted by Crippen LogP contribution is 2.21. The molecule has 0 aliphatic heterocycles. The van der Waals surface area contributed by atoms with Crippen molar-refractivity contribution >= 4 is 22.8 Å². The van der Waals surface area contributed by atoms with Crippen LogP contribution in [-0.2, 0) is 6.54 Å². The summed E-state index contributed by atoms with van der Waals surface area (Å²) in [6, 6.07) is 3.38. The van der Waals surface area contributed by atoms with E-state index in [2.05, 4.69) is 5.10 Å². The maximum absolute atomic E-state index is 12.3. The Morgan fingerprint density at radius 3 is 2.62 bits per heavy atom. The van der Waals surface area contributed by atoms with Crippen LogP contribution in [0.4, 0.5) is 5.69 Å². The lowest BCUT2D eigenvalue weighted by Crippen LogP contribution is -2.28. The minimum atomic E-state index is -0.259. The molecule has 0 spiro atoms. The normalized spacial score (nSPS) is 10.7. The van der Waals surface area contributed by atoms with Gasteiger partial charge in [-0.15, -0.1) is 11.3 Å². The number of rotatable bonds is 5. The van der Waals surface area contributed by atoms with Crippen LogP contribution in [0.5, 0.6) is 0 Å². The highest BCUT2D eigenvalue weighted by molar-refractivity contribution is 7.12. The number of hydrogen-bond donors (Lipinski definition) is 0. The van der Waals surface area contributed by atoms with E-state index in [4.69, 9.17) is 0 Å². The van der Waals surface area contributed by atoms with E-state index in [1.807, 2.05) is 38.8 Å². The van der Waals surface area contributed by atoms with E-state index in [0.717, 1.165) is 22.0 Å². The summed E-state index contributed by atoms with van der Waals surface area (Å²) >= 11 is 1.59. The molecule has 0 N–H and O–H groups in total. The number of carbonyl (C=O) groups excluding carboxylic acids is 1. The number of ketones is 1. The zero-order valence-corrected chi connectivity index (χ0v) is 13.5. The highest BCUT2D eigenvalue weighted by atomic mass is 32.1. The molecule has 0 amide bonds. The van der Waals surface area contributed by atoms with Crippen molar-refractivity contribution in [2.45, 2.75) is 27.3 Å². The smallest absolute Gasteiger partial charge is 0.269 e. The standard InChI is InChI=1S/C15H19N3O2S/c1-5-17(4)12-7-15(20)18(16-8-12)9-14(19)13-6-10(2)21-11(13)3/h6-8H,5,9H2,1-4H3. The minimum Gasteiger partial charge on any atom is -0.373 e. The van der Waals surface area contributed by atoms with E-state index in [0.29, 0.717) is 5.56 Å². The van der Waals surface area contributed by atoms with Crippen molar-refractivity contribution in [3.05, 3.63) is 44.0 Å². The minimum absolute atomic E-state index is 0.0219. The van der Waals surface area contributed by atoms with Crippen LogP contribution >= 0.6 is 11.3 Å². The quantitative estimate of drug-likeness (QED) is 0.795. The summed E-state index contributed by atoms with van der Waals surface area (Å²) in [6.07, 6.45) is 1.61. The zero-order chi connectivity index (χ0) is 15.6. The second-order valence-electron chi connectivity index (χ2n) is 4.97. The van der Waals surface area contributed by atoms with Gasteiger partial charge in [0.05, 0.1) is 11.9 Å². The first kappa shape index (κ1) is 15.4. The molecule has 0 saturated carbocycles. The largest absolute Gasteiger partial charge is 0.373 e. The lowest BCUT2D eigenvalue weighted by Gasteiger charge is -2.16. The molecule has 2 heterocycles. The van der Waals surface area contributed by atoms with Gasteiger partial charge in [-0.25, -0.2) is 4.68 Å². The lowest BCUT2D eigenvalue weighted by atomic mass is 10.1. The maximum Gasteiger partial charge on any atom is 0.269 e. The van der Waals surface area contributed by atoms with Crippen molar-refractivity contribution in [2.75, 3.05) is 18.5 Å². The Morgan fingerprint density at radius 1 is 1.38 bits per heavy atom. The van der Waals surface area contributed by atoms with Gasteiger partial charge in [0.2, 0.25) is 0 Å². The third-order valence-corrected chi connectivity index (χ3v) is 4.37. The molecule has 5 nitrogen and oxygen atoms in total. The van der Waals surface area contributed by atoms with Crippen molar-refractivity contribution in [1.29, 1.82) is 0 Å². The van der Waals surface area contributed by atoms with Gasteiger partial charge < -0.3 is 4.90 Å². The molecule has 2 aromatic heterocycles. The van der Waals surface area contributed by atoms with Gasteiger partial charge >= 0.3 is 0 Å². The molecule has 0 atom stereocenters. The number of nitrogens with zero attached hydrogens (tertiary/aromatic N) is 3. The molecule has 2 aromatic rings. The fourth-order valence-corrected chi connectivity index (χ4v) is 3.01. The molecular weight excluding hydrogens is 286 g/mol. The van der Waals surface area contributed by atoms with Gasteiger partial charge in [0.25, 0.3) is 5.56 Å².